The molecule has 2 aromatic carbocycles. The van der Waals surface area contributed by atoms with Crippen molar-refractivity contribution in [2.75, 3.05) is 11.9 Å². The summed E-state index contributed by atoms with van der Waals surface area (Å²) in [6, 6.07) is 16.9. The Morgan fingerprint density at radius 3 is 2.55 bits per heavy atom. The third kappa shape index (κ3) is 2.68. The number of rotatable bonds is 5. The molecule has 3 aromatic rings. The molecule has 0 aliphatic carbocycles. The SMILES string of the molecule is CN(c1ccccc1)[C@@H](Cc1c[nH]c2ccccc12)C(=O)O. The lowest BCUT2D eigenvalue weighted by atomic mass is 10.0. The van der Waals surface area contributed by atoms with Crippen LogP contribution >= 0.6 is 0 Å². The van der Waals surface area contributed by atoms with E-state index in [9.17, 15) is 9.90 Å². The first-order valence-corrected chi connectivity index (χ1v) is 7.22. The van der Waals surface area contributed by atoms with E-state index < -0.39 is 12.0 Å². The van der Waals surface area contributed by atoms with Crippen LogP contribution in [0.1, 0.15) is 5.56 Å². The molecule has 1 heterocycles. The summed E-state index contributed by atoms with van der Waals surface area (Å²) in [6.07, 6.45) is 2.35. The average molecular weight is 294 g/mol. The Morgan fingerprint density at radius 1 is 1.14 bits per heavy atom. The first kappa shape index (κ1) is 14.2. The first-order valence-electron chi connectivity index (χ1n) is 7.22. The fourth-order valence-electron chi connectivity index (χ4n) is 2.74. The van der Waals surface area contributed by atoms with Crippen molar-refractivity contribution < 1.29 is 9.90 Å². The van der Waals surface area contributed by atoms with Gasteiger partial charge in [0, 0.05) is 36.3 Å². The van der Waals surface area contributed by atoms with Crippen molar-refractivity contribution in [2.24, 2.45) is 0 Å². The number of fused-ring (bicyclic) bond motifs is 1. The van der Waals surface area contributed by atoms with Gasteiger partial charge in [0.1, 0.15) is 6.04 Å². The number of hydrogen-bond acceptors (Lipinski definition) is 2. The van der Waals surface area contributed by atoms with Gasteiger partial charge in [-0.05, 0) is 23.8 Å². The number of hydrogen-bond donors (Lipinski definition) is 2. The zero-order valence-corrected chi connectivity index (χ0v) is 12.4. The van der Waals surface area contributed by atoms with Gasteiger partial charge in [0.25, 0.3) is 0 Å². The number of para-hydroxylation sites is 2. The minimum absolute atomic E-state index is 0.449. The van der Waals surface area contributed by atoms with E-state index in [1.807, 2.05) is 72.7 Å². The molecule has 3 rings (SSSR count). The van der Waals surface area contributed by atoms with Gasteiger partial charge < -0.3 is 15.0 Å². The van der Waals surface area contributed by atoms with Gasteiger partial charge in [-0.25, -0.2) is 4.79 Å². The number of benzene rings is 2. The van der Waals surface area contributed by atoms with Crippen LogP contribution in [0.5, 0.6) is 0 Å². The average Bonchev–Trinajstić information content (AvgIpc) is 2.95. The number of aromatic amines is 1. The molecule has 1 atom stereocenters. The lowest BCUT2D eigenvalue weighted by Crippen LogP contribution is -2.40. The van der Waals surface area contributed by atoms with Crippen molar-refractivity contribution in [3.63, 3.8) is 0 Å². The molecule has 0 radical (unpaired) electrons. The monoisotopic (exact) mass is 294 g/mol. The lowest BCUT2D eigenvalue weighted by Gasteiger charge is -2.26. The quantitative estimate of drug-likeness (QED) is 0.759. The van der Waals surface area contributed by atoms with Crippen LogP contribution in [-0.2, 0) is 11.2 Å². The predicted octanol–water partition coefficient (Wildman–Crippen LogP) is 3.30. The van der Waals surface area contributed by atoms with E-state index in [2.05, 4.69) is 4.98 Å². The van der Waals surface area contributed by atoms with Gasteiger partial charge >= 0.3 is 5.97 Å². The maximum Gasteiger partial charge on any atom is 0.326 e. The van der Waals surface area contributed by atoms with Crippen LogP contribution in [0.25, 0.3) is 10.9 Å². The molecule has 0 amide bonds. The number of carboxylic acids is 1. The van der Waals surface area contributed by atoms with Gasteiger partial charge in [-0.3, -0.25) is 0 Å². The lowest BCUT2D eigenvalue weighted by molar-refractivity contribution is -0.138. The van der Waals surface area contributed by atoms with Crippen molar-refractivity contribution in [3.05, 3.63) is 66.4 Å². The van der Waals surface area contributed by atoms with E-state index in [-0.39, 0.29) is 0 Å². The third-order valence-corrected chi connectivity index (χ3v) is 4.00. The Labute approximate surface area is 129 Å². The highest BCUT2D eigenvalue weighted by atomic mass is 16.4. The number of carboxylic acid groups (broad SMARTS) is 1. The number of nitrogens with zero attached hydrogens (tertiary/aromatic N) is 1. The van der Waals surface area contributed by atoms with Crippen LogP contribution in [0.2, 0.25) is 0 Å². The van der Waals surface area contributed by atoms with Crippen LogP contribution in [0.15, 0.2) is 60.8 Å². The Balaban J connectivity index is 1.91. The fraction of sp³-hybridized carbons (Fsp3) is 0.167. The van der Waals surface area contributed by atoms with Crippen LogP contribution < -0.4 is 4.90 Å². The summed E-state index contributed by atoms with van der Waals surface area (Å²) in [4.78, 5) is 16.7. The zero-order valence-electron chi connectivity index (χ0n) is 12.4. The maximum absolute atomic E-state index is 11.7. The second kappa shape index (κ2) is 5.93. The molecular formula is C18H18N2O2. The van der Waals surface area contributed by atoms with E-state index in [4.69, 9.17) is 0 Å². The van der Waals surface area contributed by atoms with Crippen molar-refractivity contribution in [2.45, 2.75) is 12.5 Å². The van der Waals surface area contributed by atoms with E-state index in [0.717, 1.165) is 22.2 Å². The van der Waals surface area contributed by atoms with Gasteiger partial charge in [-0.15, -0.1) is 0 Å². The normalized spacial score (nSPS) is 12.2. The summed E-state index contributed by atoms with van der Waals surface area (Å²) >= 11 is 0. The Hall–Kier alpha value is -2.75. The van der Waals surface area contributed by atoms with Crippen molar-refractivity contribution >= 4 is 22.6 Å². The zero-order chi connectivity index (χ0) is 15.5. The maximum atomic E-state index is 11.7. The topological polar surface area (TPSA) is 56.3 Å². The van der Waals surface area contributed by atoms with Crippen LogP contribution in [0.4, 0.5) is 5.69 Å². The summed E-state index contributed by atoms with van der Waals surface area (Å²) in [6.45, 7) is 0. The second-order valence-electron chi connectivity index (χ2n) is 5.36. The summed E-state index contributed by atoms with van der Waals surface area (Å²) in [5.74, 6) is -0.823. The molecule has 4 heteroatoms. The molecule has 0 bridgehead atoms. The Bertz CT molecular complexity index is 780. The van der Waals surface area contributed by atoms with Crippen LogP contribution in [0, 0.1) is 0 Å². The van der Waals surface area contributed by atoms with Crippen molar-refractivity contribution in [1.29, 1.82) is 0 Å². The van der Waals surface area contributed by atoms with Crippen LogP contribution in [-0.4, -0.2) is 29.1 Å². The Kier molecular flexibility index (Phi) is 3.83. The van der Waals surface area contributed by atoms with Gasteiger partial charge in [-0.2, -0.15) is 0 Å². The standard InChI is InChI=1S/C18H18N2O2/c1-20(14-7-3-2-4-8-14)17(18(21)22)11-13-12-19-16-10-6-5-9-15(13)16/h2-10,12,17,19H,11H2,1H3,(H,21,22)/t17-/m0/s1. The summed E-state index contributed by atoms with van der Waals surface area (Å²) in [7, 11) is 1.82. The minimum Gasteiger partial charge on any atom is -0.480 e. The number of aromatic nitrogens is 1. The molecule has 22 heavy (non-hydrogen) atoms. The molecule has 4 nitrogen and oxygen atoms in total. The van der Waals surface area contributed by atoms with Crippen molar-refractivity contribution in [3.8, 4) is 0 Å². The summed E-state index contributed by atoms with van der Waals surface area (Å²) < 4.78 is 0. The van der Waals surface area contributed by atoms with E-state index >= 15 is 0 Å². The number of H-pyrrole nitrogens is 1. The van der Waals surface area contributed by atoms with E-state index in [1.54, 1.807) is 0 Å². The molecule has 0 aliphatic heterocycles. The molecule has 0 fully saturated rings. The second-order valence-corrected chi connectivity index (χ2v) is 5.36. The highest BCUT2D eigenvalue weighted by molar-refractivity contribution is 5.85. The van der Waals surface area contributed by atoms with Gasteiger partial charge in [0.2, 0.25) is 0 Å². The molecular weight excluding hydrogens is 276 g/mol. The first-order chi connectivity index (χ1) is 10.7. The molecule has 0 spiro atoms. The molecule has 0 unspecified atom stereocenters. The number of aliphatic carboxylic acids is 1. The predicted molar refractivity (Wildman–Crippen MR) is 88.3 cm³/mol. The molecule has 0 aliphatic rings. The minimum atomic E-state index is -0.823. The number of anilines is 1. The highest BCUT2D eigenvalue weighted by Crippen LogP contribution is 2.22. The van der Waals surface area contributed by atoms with E-state index in [1.165, 1.54) is 0 Å². The van der Waals surface area contributed by atoms with E-state index in [0.29, 0.717) is 6.42 Å². The number of carbonyl (C=O) groups is 1. The molecule has 1 aromatic heterocycles. The summed E-state index contributed by atoms with van der Waals surface area (Å²) in [5, 5.41) is 10.7. The highest BCUT2D eigenvalue weighted by Gasteiger charge is 2.24. The Morgan fingerprint density at radius 2 is 1.82 bits per heavy atom. The molecule has 2 N–H and O–H groups in total. The van der Waals surface area contributed by atoms with Crippen LogP contribution in [0.3, 0.4) is 0 Å². The van der Waals surface area contributed by atoms with Gasteiger partial charge in [-0.1, -0.05) is 36.4 Å². The fourth-order valence-corrected chi connectivity index (χ4v) is 2.74. The third-order valence-electron chi connectivity index (χ3n) is 4.00. The van der Waals surface area contributed by atoms with Crippen molar-refractivity contribution in [1.82, 2.24) is 4.98 Å². The summed E-state index contributed by atoms with van der Waals surface area (Å²) in [5.41, 5.74) is 2.95. The largest absolute Gasteiger partial charge is 0.480 e. The number of likely N-dealkylation sites (N-methyl/N-ethyl adjacent to an activating group) is 1. The molecule has 0 saturated heterocycles. The van der Waals surface area contributed by atoms with Gasteiger partial charge in [0.15, 0.2) is 0 Å². The molecule has 0 saturated carbocycles. The van der Waals surface area contributed by atoms with Gasteiger partial charge in [0.05, 0.1) is 0 Å². The number of nitrogens with one attached hydrogen (secondary N) is 1. The molecule has 112 valence electrons. The smallest absolute Gasteiger partial charge is 0.326 e.